The van der Waals surface area contributed by atoms with Crippen molar-refractivity contribution >= 4 is 26.9 Å². The standard InChI is InChI=1S/C18H16N6O4S/c1-3-16(15-11-20-23-7-6-13(10-19)8-17(15)23)21-22-29(27,28)18-9-14(24(25)26)5-4-12(18)2/h4-9,11,22H,3H2,1-2H3/b21-16-. The van der Waals surface area contributed by atoms with Crippen molar-refractivity contribution in [3.8, 4) is 6.07 Å². The minimum Gasteiger partial charge on any atom is -0.258 e. The fourth-order valence-electron chi connectivity index (χ4n) is 2.76. The zero-order valence-corrected chi connectivity index (χ0v) is 16.3. The Morgan fingerprint density at radius 2 is 2.14 bits per heavy atom. The lowest BCUT2D eigenvalue weighted by Gasteiger charge is -2.08. The van der Waals surface area contributed by atoms with Crippen molar-refractivity contribution in [2.45, 2.75) is 25.2 Å². The summed E-state index contributed by atoms with van der Waals surface area (Å²) in [4.78, 5) is 12.2. The Morgan fingerprint density at radius 3 is 2.79 bits per heavy atom. The number of hydrogen-bond donors (Lipinski definition) is 1. The molecule has 1 N–H and O–H groups in total. The van der Waals surface area contributed by atoms with E-state index in [9.17, 15) is 18.5 Å². The summed E-state index contributed by atoms with van der Waals surface area (Å²) in [6.07, 6.45) is 3.54. The highest BCUT2D eigenvalue weighted by Crippen LogP contribution is 2.22. The minimum atomic E-state index is -4.13. The lowest BCUT2D eigenvalue weighted by atomic mass is 10.1. The van der Waals surface area contributed by atoms with Gasteiger partial charge in [-0.25, -0.2) is 4.52 Å². The Hall–Kier alpha value is -3.78. The molecule has 11 heteroatoms. The van der Waals surface area contributed by atoms with Crippen LogP contribution in [0.15, 0.2) is 52.7 Å². The van der Waals surface area contributed by atoms with Crippen molar-refractivity contribution in [2.75, 3.05) is 0 Å². The number of hydrazone groups is 1. The average Bonchev–Trinajstić information content (AvgIpc) is 3.11. The van der Waals surface area contributed by atoms with E-state index in [4.69, 9.17) is 5.26 Å². The first-order chi connectivity index (χ1) is 13.8. The highest BCUT2D eigenvalue weighted by atomic mass is 32.2. The summed E-state index contributed by atoms with van der Waals surface area (Å²) in [7, 11) is -4.13. The number of nitriles is 1. The molecule has 1 aromatic carbocycles. The highest BCUT2D eigenvalue weighted by molar-refractivity contribution is 7.89. The maximum absolute atomic E-state index is 12.7. The fraction of sp³-hybridized carbons (Fsp3) is 0.167. The second kappa shape index (κ2) is 7.69. The third-order valence-corrected chi connectivity index (χ3v) is 5.62. The van der Waals surface area contributed by atoms with Crippen molar-refractivity contribution in [2.24, 2.45) is 5.10 Å². The van der Waals surface area contributed by atoms with E-state index >= 15 is 0 Å². The van der Waals surface area contributed by atoms with Crippen LogP contribution >= 0.6 is 0 Å². The van der Waals surface area contributed by atoms with Crippen LogP contribution in [0.5, 0.6) is 0 Å². The molecule has 2 aromatic heterocycles. The number of rotatable bonds is 6. The summed E-state index contributed by atoms with van der Waals surface area (Å²) in [6.45, 7) is 3.33. The highest BCUT2D eigenvalue weighted by Gasteiger charge is 2.21. The first-order valence-electron chi connectivity index (χ1n) is 8.48. The largest absolute Gasteiger partial charge is 0.277 e. The molecule has 0 aliphatic carbocycles. The Kier molecular flexibility index (Phi) is 5.29. The van der Waals surface area contributed by atoms with Crippen LogP contribution < -0.4 is 4.83 Å². The van der Waals surface area contributed by atoms with Crippen LogP contribution in [0.25, 0.3) is 5.52 Å². The van der Waals surface area contributed by atoms with E-state index < -0.39 is 14.9 Å². The van der Waals surface area contributed by atoms with Crippen LogP contribution in [0.3, 0.4) is 0 Å². The zero-order chi connectivity index (χ0) is 21.2. The molecule has 0 atom stereocenters. The Bertz CT molecular complexity index is 1290. The Labute approximate surface area is 166 Å². The Balaban J connectivity index is 2.00. The molecule has 0 amide bonds. The van der Waals surface area contributed by atoms with Crippen molar-refractivity contribution in [3.05, 3.63) is 69.5 Å². The predicted octanol–water partition coefficient (Wildman–Crippen LogP) is 2.52. The summed E-state index contributed by atoms with van der Waals surface area (Å²) in [6, 6.07) is 8.88. The minimum absolute atomic E-state index is 0.225. The monoisotopic (exact) mass is 412 g/mol. The number of nitrogens with one attached hydrogen (secondary N) is 1. The molecule has 29 heavy (non-hydrogen) atoms. The lowest BCUT2D eigenvalue weighted by molar-refractivity contribution is -0.385. The van der Waals surface area contributed by atoms with Crippen LogP contribution in [0.4, 0.5) is 5.69 Å². The fourth-order valence-corrected chi connectivity index (χ4v) is 3.86. The molecule has 0 aliphatic heterocycles. The summed E-state index contributed by atoms with van der Waals surface area (Å²) in [5.74, 6) is 0. The summed E-state index contributed by atoms with van der Waals surface area (Å²) in [5.41, 5.74) is 2.04. The number of hydrogen-bond acceptors (Lipinski definition) is 7. The number of benzene rings is 1. The lowest BCUT2D eigenvalue weighted by Crippen LogP contribution is -2.21. The van der Waals surface area contributed by atoms with Crippen molar-refractivity contribution in [1.29, 1.82) is 5.26 Å². The zero-order valence-electron chi connectivity index (χ0n) is 15.5. The maximum atomic E-state index is 12.7. The average molecular weight is 412 g/mol. The summed E-state index contributed by atoms with van der Waals surface area (Å²) >= 11 is 0. The maximum Gasteiger partial charge on any atom is 0.277 e. The number of non-ortho nitro benzene ring substituents is 1. The molecule has 10 nitrogen and oxygen atoms in total. The second-order valence-electron chi connectivity index (χ2n) is 6.13. The van der Waals surface area contributed by atoms with E-state index in [-0.39, 0.29) is 10.6 Å². The van der Waals surface area contributed by atoms with Crippen molar-refractivity contribution in [1.82, 2.24) is 14.4 Å². The Morgan fingerprint density at radius 1 is 1.38 bits per heavy atom. The molecule has 0 aliphatic rings. The number of nitro benzene ring substituents is 1. The smallest absolute Gasteiger partial charge is 0.258 e. The van der Waals surface area contributed by atoms with Gasteiger partial charge in [-0.15, -0.1) is 0 Å². The van der Waals surface area contributed by atoms with Crippen LogP contribution in [0, 0.1) is 28.4 Å². The van der Waals surface area contributed by atoms with Gasteiger partial charge in [0.15, 0.2) is 0 Å². The first-order valence-corrected chi connectivity index (χ1v) is 9.96. The molecular weight excluding hydrogens is 396 g/mol. The third-order valence-electron chi connectivity index (χ3n) is 4.27. The number of nitro groups is 1. The van der Waals surface area contributed by atoms with Gasteiger partial charge in [0.05, 0.1) is 38.9 Å². The normalized spacial score (nSPS) is 12.0. The molecule has 0 unspecified atom stereocenters. The van der Waals surface area contributed by atoms with Crippen LogP contribution in [-0.2, 0) is 10.0 Å². The molecule has 148 valence electrons. The quantitative estimate of drug-likeness (QED) is 0.374. The molecule has 0 radical (unpaired) electrons. The number of aromatic nitrogens is 2. The van der Waals surface area contributed by atoms with Gasteiger partial charge in [-0.05, 0) is 31.0 Å². The van der Waals surface area contributed by atoms with Gasteiger partial charge in [0, 0.05) is 23.9 Å². The molecule has 2 heterocycles. The van der Waals surface area contributed by atoms with Gasteiger partial charge in [-0.2, -0.15) is 28.7 Å². The van der Waals surface area contributed by atoms with Gasteiger partial charge in [0.25, 0.3) is 15.7 Å². The SMILES string of the molecule is CC/C(=N/NS(=O)(=O)c1cc([N+](=O)[O-])ccc1C)c1cnn2ccc(C#N)cc12. The van der Waals surface area contributed by atoms with E-state index in [0.29, 0.717) is 34.3 Å². The van der Waals surface area contributed by atoms with Crippen LogP contribution in [0.2, 0.25) is 0 Å². The van der Waals surface area contributed by atoms with E-state index in [0.717, 1.165) is 6.07 Å². The van der Waals surface area contributed by atoms with Crippen molar-refractivity contribution in [3.63, 3.8) is 0 Å². The molecule has 0 fully saturated rings. The molecule has 0 saturated heterocycles. The van der Waals surface area contributed by atoms with E-state index in [2.05, 4.69) is 15.0 Å². The number of pyridine rings is 1. The van der Waals surface area contributed by atoms with Gasteiger partial charge in [0.1, 0.15) is 0 Å². The van der Waals surface area contributed by atoms with E-state index in [1.165, 1.54) is 25.3 Å². The summed E-state index contributed by atoms with van der Waals surface area (Å²) < 4.78 is 26.9. The first kappa shape index (κ1) is 20.0. The van der Waals surface area contributed by atoms with Crippen LogP contribution in [0.1, 0.15) is 30.0 Å². The van der Waals surface area contributed by atoms with Gasteiger partial charge in [0.2, 0.25) is 0 Å². The molecule has 3 aromatic rings. The van der Waals surface area contributed by atoms with Gasteiger partial charge >= 0.3 is 0 Å². The van der Waals surface area contributed by atoms with Crippen molar-refractivity contribution < 1.29 is 13.3 Å². The third kappa shape index (κ3) is 3.92. The number of nitrogens with zero attached hydrogens (tertiary/aromatic N) is 5. The molecule has 0 bridgehead atoms. The molecule has 3 rings (SSSR count). The predicted molar refractivity (Wildman–Crippen MR) is 105 cm³/mol. The van der Waals surface area contributed by atoms with Crippen LogP contribution in [-0.4, -0.2) is 28.7 Å². The van der Waals surface area contributed by atoms with E-state index in [1.54, 1.807) is 29.8 Å². The number of aryl methyl sites for hydroxylation is 1. The number of fused-ring (bicyclic) bond motifs is 1. The molecule has 0 saturated carbocycles. The van der Waals surface area contributed by atoms with Gasteiger partial charge < -0.3 is 0 Å². The van der Waals surface area contributed by atoms with E-state index in [1.807, 2.05) is 6.07 Å². The summed E-state index contributed by atoms with van der Waals surface area (Å²) in [5, 5.41) is 28.3. The molecule has 0 spiro atoms. The van der Waals surface area contributed by atoms with Gasteiger partial charge in [-0.1, -0.05) is 13.0 Å². The second-order valence-corrected chi connectivity index (χ2v) is 7.76. The molecular formula is C18H16N6O4S. The topological polar surface area (TPSA) is 143 Å². The number of sulfonamides is 1. The van der Waals surface area contributed by atoms with Gasteiger partial charge in [-0.3, -0.25) is 10.1 Å².